The SMILES string of the molecule is CSCOC(=O)CCCCCN1C(=O)c2ccccc2C1=O. The maximum Gasteiger partial charge on any atom is 0.306 e. The van der Waals surface area contributed by atoms with Crippen LogP contribution >= 0.6 is 11.8 Å². The van der Waals surface area contributed by atoms with Crippen molar-refractivity contribution in [3.63, 3.8) is 0 Å². The first-order chi connectivity index (χ1) is 10.6. The highest BCUT2D eigenvalue weighted by atomic mass is 32.2. The molecular formula is C16H19NO4S. The first-order valence-corrected chi connectivity index (χ1v) is 8.64. The van der Waals surface area contributed by atoms with Crippen molar-refractivity contribution in [3.8, 4) is 0 Å². The number of hydrogen-bond acceptors (Lipinski definition) is 5. The molecule has 22 heavy (non-hydrogen) atoms. The van der Waals surface area contributed by atoms with Gasteiger partial charge in [-0.05, 0) is 31.2 Å². The fourth-order valence-electron chi connectivity index (χ4n) is 2.36. The van der Waals surface area contributed by atoms with E-state index in [1.165, 1.54) is 16.7 Å². The lowest BCUT2D eigenvalue weighted by atomic mass is 10.1. The van der Waals surface area contributed by atoms with Gasteiger partial charge < -0.3 is 4.74 Å². The van der Waals surface area contributed by atoms with Gasteiger partial charge in [0.05, 0.1) is 11.1 Å². The van der Waals surface area contributed by atoms with Crippen LogP contribution in [0.2, 0.25) is 0 Å². The van der Waals surface area contributed by atoms with E-state index in [2.05, 4.69) is 0 Å². The number of imide groups is 1. The highest BCUT2D eigenvalue weighted by molar-refractivity contribution is 7.98. The topological polar surface area (TPSA) is 63.7 Å². The van der Waals surface area contributed by atoms with Crippen LogP contribution in [0.3, 0.4) is 0 Å². The van der Waals surface area contributed by atoms with Crippen molar-refractivity contribution in [2.75, 3.05) is 18.7 Å². The van der Waals surface area contributed by atoms with E-state index in [9.17, 15) is 14.4 Å². The largest absolute Gasteiger partial charge is 0.455 e. The molecule has 0 aromatic heterocycles. The summed E-state index contributed by atoms with van der Waals surface area (Å²) < 4.78 is 4.95. The van der Waals surface area contributed by atoms with Crippen LogP contribution in [0.4, 0.5) is 0 Å². The van der Waals surface area contributed by atoms with Gasteiger partial charge >= 0.3 is 5.97 Å². The van der Waals surface area contributed by atoms with Gasteiger partial charge in [-0.3, -0.25) is 19.3 Å². The summed E-state index contributed by atoms with van der Waals surface area (Å²) in [7, 11) is 0. The normalized spacial score (nSPS) is 13.4. The Morgan fingerprint density at radius 3 is 2.32 bits per heavy atom. The summed E-state index contributed by atoms with van der Waals surface area (Å²) in [5.41, 5.74) is 0.960. The minimum absolute atomic E-state index is 0.199. The average molecular weight is 321 g/mol. The molecule has 0 radical (unpaired) electrons. The zero-order chi connectivity index (χ0) is 15.9. The lowest BCUT2D eigenvalue weighted by molar-refractivity contribution is -0.141. The predicted molar refractivity (Wildman–Crippen MR) is 84.8 cm³/mol. The zero-order valence-corrected chi connectivity index (χ0v) is 13.4. The van der Waals surface area contributed by atoms with Gasteiger partial charge in [0.25, 0.3) is 11.8 Å². The van der Waals surface area contributed by atoms with Gasteiger partial charge in [0.1, 0.15) is 5.94 Å². The number of amides is 2. The molecule has 0 saturated carbocycles. The fraction of sp³-hybridized carbons (Fsp3) is 0.438. The maximum atomic E-state index is 12.1. The van der Waals surface area contributed by atoms with Gasteiger partial charge in [0.15, 0.2) is 0 Å². The molecule has 0 aliphatic carbocycles. The number of thioether (sulfide) groups is 1. The van der Waals surface area contributed by atoms with Crippen molar-refractivity contribution in [1.29, 1.82) is 0 Å². The van der Waals surface area contributed by atoms with E-state index in [-0.39, 0.29) is 17.8 Å². The highest BCUT2D eigenvalue weighted by Gasteiger charge is 2.34. The third kappa shape index (κ3) is 3.88. The molecule has 1 aromatic rings. The van der Waals surface area contributed by atoms with Crippen LogP contribution in [0.25, 0.3) is 0 Å². The molecular weight excluding hydrogens is 302 g/mol. The van der Waals surface area contributed by atoms with E-state index in [1.54, 1.807) is 24.3 Å². The summed E-state index contributed by atoms with van der Waals surface area (Å²) >= 11 is 1.46. The first kappa shape index (κ1) is 16.5. The van der Waals surface area contributed by atoms with Crippen molar-refractivity contribution < 1.29 is 19.1 Å². The van der Waals surface area contributed by atoms with Crippen LogP contribution in [0.1, 0.15) is 46.4 Å². The smallest absolute Gasteiger partial charge is 0.306 e. The number of unbranched alkanes of at least 4 members (excludes halogenated alkanes) is 2. The van der Waals surface area contributed by atoms with Gasteiger partial charge in [-0.25, -0.2) is 0 Å². The second-order valence-electron chi connectivity index (χ2n) is 5.04. The Bertz CT molecular complexity index is 538. The molecule has 0 bridgehead atoms. The monoisotopic (exact) mass is 321 g/mol. The van der Waals surface area contributed by atoms with Gasteiger partial charge in [-0.1, -0.05) is 18.6 Å². The summed E-state index contributed by atoms with van der Waals surface area (Å²) in [5, 5.41) is 0. The van der Waals surface area contributed by atoms with E-state index in [0.29, 0.717) is 42.9 Å². The number of ether oxygens (including phenoxy) is 1. The van der Waals surface area contributed by atoms with Crippen LogP contribution in [0.5, 0.6) is 0 Å². The molecule has 2 amide bonds. The summed E-state index contributed by atoms with van der Waals surface area (Å²) in [4.78, 5) is 36.9. The van der Waals surface area contributed by atoms with E-state index in [1.807, 2.05) is 6.26 Å². The zero-order valence-electron chi connectivity index (χ0n) is 12.5. The number of carbonyl (C=O) groups is 3. The van der Waals surface area contributed by atoms with E-state index in [4.69, 9.17) is 4.74 Å². The summed E-state index contributed by atoms with van der Waals surface area (Å²) in [6.07, 6.45) is 4.43. The quantitative estimate of drug-likeness (QED) is 0.319. The maximum absolute atomic E-state index is 12.1. The van der Waals surface area contributed by atoms with Crippen molar-refractivity contribution >= 4 is 29.5 Å². The Morgan fingerprint density at radius 2 is 1.73 bits per heavy atom. The Morgan fingerprint density at radius 1 is 1.09 bits per heavy atom. The van der Waals surface area contributed by atoms with Crippen LogP contribution in [-0.4, -0.2) is 41.4 Å². The molecule has 1 aliphatic heterocycles. The number of carbonyl (C=O) groups excluding carboxylic acids is 3. The molecule has 0 saturated heterocycles. The molecule has 1 aromatic carbocycles. The fourth-order valence-corrected chi connectivity index (χ4v) is 2.60. The van der Waals surface area contributed by atoms with Crippen LogP contribution in [0.15, 0.2) is 24.3 Å². The molecule has 5 nitrogen and oxygen atoms in total. The van der Waals surface area contributed by atoms with Crippen LogP contribution in [0, 0.1) is 0 Å². The van der Waals surface area contributed by atoms with Crippen LogP contribution in [-0.2, 0) is 9.53 Å². The molecule has 1 aliphatic rings. The second kappa shape index (κ2) is 7.98. The molecule has 6 heteroatoms. The minimum atomic E-state index is -0.222. The molecule has 0 N–H and O–H groups in total. The Balaban J connectivity index is 1.72. The summed E-state index contributed by atoms with van der Waals surface area (Å²) in [6, 6.07) is 6.87. The third-order valence-corrected chi connectivity index (χ3v) is 3.83. The number of benzene rings is 1. The number of nitrogens with zero attached hydrogens (tertiary/aromatic N) is 1. The Labute approximate surface area is 134 Å². The van der Waals surface area contributed by atoms with Crippen molar-refractivity contribution in [2.24, 2.45) is 0 Å². The lowest BCUT2D eigenvalue weighted by Gasteiger charge is -2.13. The second-order valence-corrected chi connectivity index (χ2v) is 5.85. The minimum Gasteiger partial charge on any atom is -0.455 e. The van der Waals surface area contributed by atoms with E-state index >= 15 is 0 Å². The first-order valence-electron chi connectivity index (χ1n) is 7.25. The van der Waals surface area contributed by atoms with E-state index < -0.39 is 0 Å². The molecule has 118 valence electrons. The van der Waals surface area contributed by atoms with Gasteiger partial charge in [0, 0.05) is 13.0 Å². The summed E-state index contributed by atoms with van der Waals surface area (Å²) in [6.45, 7) is 0.395. The average Bonchev–Trinajstić information content (AvgIpc) is 2.77. The highest BCUT2D eigenvalue weighted by Crippen LogP contribution is 2.22. The van der Waals surface area contributed by atoms with E-state index in [0.717, 1.165) is 6.42 Å². The number of hydrogen-bond donors (Lipinski definition) is 0. The predicted octanol–water partition coefficient (Wildman–Crippen LogP) is 2.71. The lowest BCUT2D eigenvalue weighted by Crippen LogP contribution is -2.30. The van der Waals surface area contributed by atoms with Gasteiger partial charge in [-0.2, -0.15) is 0 Å². The Kier molecular flexibility index (Phi) is 6.00. The Hall–Kier alpha value is -1.82. The van der Waals surface area contributed by atoms with Crippen molar-refractivity contribution in [2.45, 2.75) is 25.7 Å². The van der Waals surface area contributed by atoms with Crippen molar-refractivity contribution in [3.05, 3.63) is 35.4 Å². The number of esters is 1. The number of rotatable bonds is 8. The molecule has 0 spiro atoms. The molecule has 1 heterocycles. The molecule has 2 rings (SSSR count). The van der Waals surface area contributed by atoms with Crippen LogP contribution < -0.4 is 0 Å². The molecule has 0 atom stereocenters. The van der Waals surface area contributed by atoms with Crippen molar-refractivity contribution in [1.82, 2.24) is 4.90 Å². The number of fused-ring (bicyclic) bond motifs is 1. The molecule has 0 fully saturated rings. The van der Waals surface area contributed by atoms with Gasteiger partial charge in [0.2, 0.25) is 0 Å². The van der Waals surface area contributed by atoms with Gasteiger partial charge in [-0.15, -0.1) is 11.8 Å². The third-order valence-electron chi connectivity index (χ3n) is 3.48. The summed E-state index contributed by atoms with van der Waals surface area (Å²) in [5.74, 6) is -0.261. The molecule has 0 unspecified atom stereocenters. The standard InChI is InChI=1S/C16H19NO4S/c1-22-11-21-14(18)9-3-2-6-10-17-15(19)12-7-4-5-8-13(12)16(17)20/h4-5,7-8H,2-3,6,9-11H2,1H3.